The van der Waals surface area contributed by atoms with Crippen molar-refractivity contribution >= 4 is 0 Å². The second-order valence-electron chi connectivity index (χ2n) is 6.78. The predicted octanol–water partition coefficient (Wildman–Crippen LogP) is 4.24. The van der Waals surface area contributed by atoms with Gasteiger partial charge in [-0.05, 0) is 37.8 Å². The first kappa shape index (κ1) is 15.1. The van der Waals surface area contributed by atoms with Gasteiger partial charge in [-0.2, -0.15) is 0 Å². The number of aliphatic hydroxyl groups excluding tert-OH is 1. The molecule has 0 aromatic carbocycles. The number of hydrogen-bond acceptors (Lipinski definition) is 3. The van der Waals surface area contributed by atoms with Gasteiger partial charge < -0.3 is 9.52 Å². The Morgan fingerprint density at radius 3 is 1.86 bits per heavy atom. The van der Waals surface area contributed by atoms with E-state index >= 15 is 0 Å². The number of furan rings is 1. The van der Waals surface area contributed by atoms with Crippen LogP contribution in [0.25, 0.3) is 0 Å². The Morgan fingerprint density at radius 2 is 1.38 bits per heavy atom. The van der Waals surface area contributed by atoms with Crippen molar-refractivity contribution < 1.29 is 9.52 Å². The number of aliphatic hydroxyl groups is 1. The van der Waals surface area contributed by atoms with Gasteiger partial charge in [0.15, 0.2) is 0 Å². The molecule has 2 aliphatic carbocycles. The molecule has 0 bridgehead atoms. The first-order valence-corrected chi connectivity index (χ1v) is 8.81. The molecule has 0 radical (unpaired) electrons. The van der Waals surface area contributed by atoms with Crippen molar-refractivity contribution in [3.63, 3.8) is 0 Å². The van der Waals surface area contributed by atoms with Crippen LogP contribution in [0, 0.1) is 0 Å². The van der Waals surface area contributed by atoms with Gasteiger partial charge in [-0.25, -0.2) is 0 Å². The standard InChI is InChI=1S/C18H29NO2/c20-14-18-12-11-17(21-18)13-19(15-7-3-1-4-8-15)16-9-5-2-6-10-16/h11-12,15-16,20H,1-10,13-14H2. The summed E-state index contributed by atoms with van der Waals surface area (Å²) in [5.41, 5.74) is 0. The molecule has 1 heterocycles. The highest BCUT2D eigenvalue weighted by Crippen LogP contribution is 2.31. The molecule has 0 saturated heterocycles. The van der Waals surface area contributed by atoms with Crippen LogP contribution in [0.15, 0.2) is 16.5 Å². The molecule has 2 aliphatic rings. The molecule has 0 atom stereocenters. The van der Waals surface area contributed by atoms with Crippen LogP contribution in [0.1, 0.15) is 75.7 Å². The molecule has 21 heavy (non-hydrogen) atoms. The summed E-state index contributed by atoms with van der Waals surface area (Å²) in [6.45, 7) is 0.933. The van der Waals surface area contributed by atoms with E-state index in [0.717, 1.165) is 24.4 Å². The molecule has 0 aliphatic heterocycles. The fourth-order valence-corrected chi connectivity index (χ4v) is 4.15. The summed E-state index contributed by atoms with van der Waals surface area (Å²) < 4.78 is 5.75. The Balaban J connectivity index is 1.70. The van der Waals surface area contributed by atoms with Gasteiger partial charge in [0.2, 0.25) is 0 Å². The number of rotatable bonds is 5. The summed E-state index contributed by atoms with van der Waals surface area (Å²) in [7, 11) is 0. The maximum Gasteiger partial charge on any atom is 0.129 e. The molecule has 2 saturated carbocycles. The van der Waals surface area contributed by atoms with E-state index in [1.54, 1.807) is 0 Å². The van der Waals surface area contributed by atoms with E-state index in [2.05, 4.69) is 4.90 Å². The normalized spacial score (nSPS) is 22.0. The van der Waals surface area contributed by atoms with Gasteiger partial charge in [-0.15, -0.1) is 0 Å². The van der Waals surface area contributed by atoms with Crippen molar-refractivity contribution in [3.8, 4) is 0 Å². The zero-order valence-corrected chi connectivity index (χ0v) is 13.1. The Kier molecular flexibility index (Phi) is 5.37. The molecule has 3 rings (SSSR count). The summed E-state index contributed by atoms with van der Waals surface area (Å²) in [6.07, 6.45) is 13.8. The van der Waals surface area contributed by atoms with Crippen LogP contribution in [0.5, 0.6) is 0 Å². The lowest BCUT2D eigenvalue weighted by atomic mass is 9.88. The van der Waals surface area contributed by atoms with Crippen molar-refractivity contribution in [3.05, 3.63) is 23.7 Å². The molecule has 2 fully saturated rings. The maximum atomic E-state index is 9.18. The molecule has 1 N–H and O–H groups in total. The van der Waals surface area contributed by atoms with Crippen molar-refractivity contribution in [2.24, 2.45) is 0 Å². The summed E-state index contributed by atoms with van der Waals surface area (Å²) in [6, 6.07) is 5.44. The average molecular weight is 291 g/mol. The van der Waals surface area contributed by atoms with Gasteiger partial charge in [0.1, 0.15) is 18.1 Å². The lowest BCUT2D eigenvalue weighted by molar-refractivity contribution is 0.0653. The van der Waals surface area contributed by atoms with Crippen molar-refractivity contribution in [2.75, 3.05) is 0 Å². The highest BCUT2D eigenvalue weighted by Gasteiger charge is 2.29. The molecule has 118 valence electrons. The van der Waals surface area contributed by atoms with Crippen LogP contribution in [0.4, 0.5) is 0 Å². The van der Waals surface area contributed by atoms with Crippen LogP contribution < -0.4 is 0 Å². The minimum absolute atomic E-state index is 0.00680. The van der Waals surface area contributed by atoms with Gasteiger partial charge in [0, 0.05) is 12.1 Å². The molecule has 3 heteroatoms. The third-order valence-corrected chi connectivity index (χ3v) is 5.30. The molecule has 0 amide bonds. The van der Waals surface area contributed by atoms with Gasteiger partial charge in [-0.3, -0.25) is 4.90 Å². The smallest absolute Gasteiger partial charge is 0.129 e. The van der Waals surface area contributed by atoms with Gasteiger partial charge in [0.05, 0.1) is 6.54 Å². The third-order valence-electron chi connectivity index (χ3n) is 5.30. The zero-order chi connectivity index (χ0) is 14.5. The third kappa shape index (κ3) is 3.89. The molecular weight excluding hydrogens is 262 g/mol. The van der Waals surface area contributed by atoms with Gasteiger partial charge in [-0.1, -0.05) is 38.5 Å². The average Bonchev–Trinajstić information content (AvgIpc) is 3.02. The zero-order valence-electron chi connectivity index (χ0n) is 13.1. The molecular formula is C18H29NO2. The lowest BCUT2D eigenvalue weighted by Gasteiger charge is -2.41. The Morgan fingerprint density at radius 1 is 0.857 bits per heavy atom. The molecule has 1 aromatic heterocycles. The molecule has 3 nitrogen and oxygen atoms in total. The minimum Gasteiger partial charge on any atom is -0.462 e. The lowest BCUT2D eigenvalue weighted by Crippen LogP contribution is -2.44. The SMILES string of the molecule is OCc1ccc(CN(C2CCCCC2)C2CCCCC2)o1. The summed E-state index contributed by atoms with van der Waals surface area (Å²) in [5, 5.41) is 9.18. The molecule has 1 aromatic rings. The maximum absolute atomic E-state index is 9.18. The Hall–Kier alpha value is -0.800. The van der Waals surface area contributed by atoms with Crippen LogP contribution in [-0.2, 0) is 13.2 Å². The Bertz CT molecular complexity index is 399. The van der Waals surface area contributed by atoms with Crippen LogP contribution in [0.3, 0.4) is 0 Å². The van der Waals surface area contributed by atoms with E-state index in [9.17, 15) is 5.11 Å². The van der Waals surface area contributed by atoms with E-state index in [4.69, 9.17) is 4.42 Å². The van der Waals surface area contributed by atoms with Gasteiger partial charge >= 0.3 is 0 Å². The van der Waals surface area contributed by atoms with Crippen LogP contribution >= 0.6 is 0 Å². The topological polar surface area (TPSA) is 36.6 Å². The second-order valence-corrected chi connectivity index (χ2v) is 6.78. The largest absolute Gasteiger partial charge is 0.462 e. The van der Waals surface area contributed by atoms with E-state index in [-0.39, 0.29) is 6.61 Å². The second kappa shape index (κ2) is 7.46. The number of nitrogens with zero attached hydrogens (tertiary/aromatic N) is 1. The van der Waals surface area contributed by atoms with Crippen molar-refractivity contribution in [1.29, 1.82) is 0 Å². The fourth-order valence-electron chi connectivity index (χ4n) is 4.15. The van der Waals surface area contributed by atoms with Crippen LogP contribution in [0.2, 0.25) is 0 Å². The summed E-state index contributed by atoms with van der Waals surface area (Å²) >= 11 is 0. The van der Waals surface area contributed by atoms with E-state index in [0.29, 0.717) is 5.76 Å². The van der Waals surface area contributed by atoms with Crippen molar-refractivity contribution in [1.82, 2.24) is 4.90 Å². The van der Waals surface area contributed by atoms with E-state index in [1.165, 1.54) is 64.2 Å². The number of hydrogen-bond donors (Lipinski definition) is 1. The highest BCUT2D eigenvalue weighted by atomic mass is 16.4. The minimum atomic E-state index is 0.00680. The predicted molar refractivity (Wildman–Crippen MR) is 83.9 cm³/mol. The fraction of sp³-hybridized carbons (Fsp3) is 0.778. The van der Waals surface area contributed by atoms with E-state index < -0.39 is 0 Å². The summed E-state index contributed by atoms with van der Waals surface area (Å²) in [4.78, 5) is 2.73. The first-order valence-electron chi connectivity index (χ1n) is 8.81. The summed E-state index contributed by atoms with van der Waals surface area (Å²) in [5.74, 6) is 1.72. The quantitative estimate of drug-likeness (QED) is 0.881. The monoisotopic (exact) mass is 291 g/mol. The van der Waals surface area contributed by atoms with Gasteiger partial charge in [0.25, 0.3) is 0 Å². The first-order chi connectivity index (χ1) is 10.4. The van der Waals surface area contributed by atoms with E-state index in [1.807, 2.05) is 12.1 Å². The highest BCUT2D eigenvalue weighted by molar-refractivity contribution is 5.07. The van der Waals surface area contributed by atoms with Crippen molar-refractivity contribution in [2.45, 2.75) is 89.4 Å². The van der Waals surface area contributed by atoms with Crippen LogP contribution in [-0.4, -0.2) is 22.1 Å². The Labute approximate surface area is 128 Å². The molecule has 0 spiro atoms. The molecule has 0 unspecified atom stereocenters.